The summed E-state index contributed by atoms with van der Waals surface area (Å²) in [5.74, 6) is 0.671. The number of halogens is 2. The summed E-state index contributed by atoms with van der Waals surface area (Å²) < 4.78 is 37.7. The van der Waals surface area contributed by atoms with Crippen molar-refractivity contribution in [1.29, 1.82) is 0 Å². The molecule has 5 heterocycles. The molecule has 1 saturated heterocycles. The van der Waals surface area contributed by atoms with E-state index in [0.29, 0.717) is 58.3 Å². The summed E-state index contributed by atoms with van der Waals surface area (Å²) >= 11 is 0. The van der Waals surface area contributed by atoms with Crippen LogP contribution in [0.15, 0.2) is 48.8 Å². The van der Waals surface area contributed by atoms with E-state index in [-0.39, 0.29) is 17.7 Å². The maximum absolute atomic E-state index is 13.4. The normalized spacial score (nSPS) is 13.8. The van der Waals surface area contributed by atoms with E-state index in [1.54, 1.807) is 36.7 Å². The number of H-pyrrole nitrogens is 1. The topological polar surface area (TPSA) is 102 Å². The van der Waals surface area contributed by atoms with Crippen molar-refractivity contribution in [3.8, 4) is 28.3 Å². The summed E-state index contributed by atoms with van der Waals surface area (Å²) in [6.07, 6.45) is 0.414. The van der Waals surface area contributed by atoms with Gasteiger partial charge < -0.3 is 19.8 Å². The van der Waals surface area contributed by atoms with E-state index in [1.807, 2.05) is 0 Å². The molecule has 1 aliphatic rings. The van der Waals surface area contributed by atoms with Gasteiger partial charge in [-0.1, -0.05) is 6.07 Å². The summed E-state index contributed by atoms with van der Waals surface area (Å²) in [5, 5.41) is 2.65. The number of fused-ring (bicyclic) bond motifs is 1. The number of aromatic nitrogens is 4. The predicted octanol–water partition coefficient (Wildman–Crippen LogP) is 4.36. The van der Waals surface area contributed by atoms with Gasteiger partial charge in [0, 0.05) is 24.8 Å². The number of nitrogens with one attached hydrogen (secondary N) is 2. The fourth-order valence-corrected chi connectivity index (χ4v) is 3.61. The Morgan fingerprint density at radius 1 is 1.24 bits per heavy atom. The molecule has 2 N–H and O–H groups in total. The first-order valence-electron chi connectivity index (χ1n) is 10.2. The van der Waals surface area contributed by atoms with Crippen LogP contribution in [0.3, 0.4) is 0 Å². The molecule has 0 spiro atoms. The number of aromatic amines is 1. The predicted molar refractivity (Wildman–Crippen MR) is 117 cm³/mol. The quantitative estimate of drug-likeness (QED) is 0.452. The summed E-state index contributed by atoms with van der Waals surface area (Å²) in [4.78, 5) is 27.7. The van der Waals surface area contributed by atoms with Crippen molar-refractivity contribution < 1.29 is 23.0 Å². The van der Waals surface area contributed by atoms with Crippen molar-refractivity contribution in [1.82, 2.24) is 19.9 Å². The van der Waals surface area contributed by atoms with E-state index in [2.05, 4.69) is 25.3 Å². The number of anilines is 1. The smallest absolute Gasteiger partial charge is 0.280 e. The maximum atomic E-state index is 13.4. The number of hydrogen-bond donors (Lipinski definition) is 2. The molecule has 1 amide bonds. The minimum atomic E-state index is -2.71. The van der Waals surface area contributed by atoms with Crippen molar-refractivity contribution in [3.05, 3.63) is 54.5 Å². The number of alkyl halides is 2. The highest BCUT2D eigenvalue weighted by molar-refractivity contribution is 6.01. The molecule has 8 nitrogen and oxygen atoms in total. The van der Waals surface area contributed by atoms with Gasteiger partial charge in [0.15, 0.2) is 0 Å². The molecule has 1 aliphatic heterocycles. The average Bonchev–Trinajstić information content (AvgIpc) is 3.15. The Balaban J connectivity index is 1.67. The third kappa shape index (κ3) is 4.24. The summed E-state index contributed by atoms with van der Waals surface area (Å²) in [6.45, 7) is 2.43. The van der Waals surface area contributed by atoms with Gasteiger partial charge >= 0.3 is 0 Å². The van der Waals surface area contributed by atoms with E-state index < -0.39 is 6.43 Å². The van der Waals surface area contributed by atoms with Crippen LogP contribution in [0, 0.1) is 0 Å². The minimum Gasteiger partial charge on any atom is -0.484 e. The second kappa shape index (κ2) is 8.55. The monoisotopic (exact) mass is 451 g/mol. The molecule has 0 saturated carbocycles. The van der Waals surface area contributed by atoms with Crippen LogP contribution in [-0.2, 0) is 9.53 Å². The summed E-state index contributed by atoms with van der Waals surface area (Å²) in [7, 11) is 0. The number of pyridine rings is 3. The fraction of sp³-hybridized carbons (Fsp3) is 0.217. The molecule has 0 aromatic carbocycles. The number of carbonyl (C=O) groups is 1. The SMILES string of the molecule is CC(=O)Nc1cc(-c2[nH]c3cc(OC4COC4)cnc3c2-c2cccc(C(F)F)n2)ccn1. The third-order valence-corrected chi connectivity index (χ3v) is 5.12. The highest BCUT2D eigenvalue weighted by Gasteiger charge is 2.23. The lowest BCUT2D eigenvalue weighted by Gasteiger charge is -2.26. The molecule has 0 radical (unpaired) electrons. The lowest BCUT2D eigenvalue weighted by molar-refractivity contribution is -0.114. The van der Waals surface area contributed by atoms with Gasteiger partial charge in [-0.15, -0.1) is 0 Å². The number of amides is 1. The standard InChI is InChI=1S/C23H19F2N5O3/c1-12(31)28-19-7-13(5-6-26-19)21-20(16-3-2-4-17(29-16)23(24)25)22-18(30-21)8-14(9-27-22)33-15-10-32-11-15/h2-9,15,23,30H,10-11H2,1H3,(H,26,28,31). The van der Waals surface area contributed by atoms with Gasteiger partial charge in [-0.2, -0.15) is 0 Å². The Morgan fingerprint density at radius 3 is 2.82 bits per heavy atom. The molecular weight excluding hydrogens is 432 g/mol. The first-order valence-corrected chi connectivity index (χ1v) is 10.2. The van der Waals surface area contributed by atoms with Gasteiger partial charge in [-0.3, -0.25) is 9.78 Å². The van der Waals surface area contributed by atoms with Crippen molar-refractivity contribution in [3.63, 3.8) is 0 Å². The van der Waals surface area contributed by atoms with Gasteiger partial charge in [0.25, 0.3) is 6.43 Å². The largest absolute Gasteiger partial charge is 0.484 e. The van der Waals surface area contributed by atoms with E-state index in [1.165, 1.54) is 19.1 Å². The molecule has 0 aliphatic carbocycles. The number of hydrogen-bond acceptors (Lipinski definition) is 6. The number of carbonyl (C=O) groups excluding carboxylic acids is 1. The van der Waals surface area contributed by atoms with E-state index in [9.17, 15) is 13.6 Å². The van der Waals surface area contributed by atoms with Gasteiger partial charge in [0.05, 0.1) is 47.4 Å². The van der Waals surface area contributed by atoms with Crippen molar-refractivity contribution in [2.75, 3.05) is 18.5 Å². The van der Waals surface area contributed by atoms with Crippen LogP contribution in [0.25, 0.3) is 33.5 Å². The van der Waals surface area contributed by atoms with Crippen LogP contribution in [-0.4, -0.2) is 45.2 Å². The third-order valence-electron chi connectivity index (χ3n) is 5.12. The lowest BCUT2D eigenvalue weighted by Crippen LogP contribution is -2.38. The van der Waals surface area contributed by atoms with Crippen molar-refractivity contribution in [2.24, 2.45) is 0 Å². The molecule has 0 unspecified atom stereocenters. The Bertz CT molecular complexity index is 1340. The van der Waals surface area contributed by atoms with Crippen LogP contribution in [0.5, 0.6) is 5.75 Å². The van der Waals surface area contributed by atoms with Gasteiger partial charge in [0.1, 0.15) is 23.4 Å². The molecule has 0 bridgehead atoms. The summed E-state index contributed by atoms with van der Waals surface area (Å²) in [6, 6.07) is 9.72. The fourth-order valence-electron chi connectivity index (χ4n) is 3.61. The molecule has 4 aromatic rings. The van der Waals surface area contributed by atoms with Crippen LogP contribution in [0.1, 0.15) is 19.0 Å². The van der Waals surface area contributed by atoms with Crippen LogP contribution in [0.4, 0.5) is 14.6 Å². The number of ether oxygens (including phenoxy) is 2. The second-order valence-corrected chi connectivity index (χ2v) is 7.58. The Hall–Kier alpha value is -3.92. The Kier molecular flexibility index (Phi) is 5.43. The zero-order chi connectivity index (χ0) is 22.9. The molecule has 0 atom stereocenters. The van der Waals surface area contributed by atoms with Gasteiger partial charge in [-0.05, 0) is 24.3 Å². The van der Waals surface area contributed by atoms with E-state index >= 15 is 0 Å². The van der Waals surface area contributed by atoms with Crippen molar-refractivity contribution in [2.45, 2.75) is 19.5 Å². The molecule has 5 rings (SSSR count). The van der Waals surface area contributed by atoms with Gasteiger partial charge in [0.2, 0.25) is 5.91 Å². The highest BCUT2D eigenvalue weighted by Crippen LogP contribution is 2.38. The highest BCUT2D eigenvalue weighted by atomic mass is 19.3. The number of nitrogens with zero attached hydrogens (tertiary/aromatic N) is 3. The Labute approximate surface area is 187 Å². The first-order chi connectivity index (χ1) is 16.0. The van der Waals surface area contributed by atoms with Gasteiger partial charge in [-0.25, -0.2) is 18.7 Å². The molecular formula is C23H19F2N5O3. The molecule has 168 valence electrons. The van der Waals surface area contributed by atoms with Crippen LogP contribution in [0.2, 0.25) is 0 Å². The molecule has 1 fully saturated rings. The molecule has 33 heavy (non-hydrogen) atoms. The first kappa shape index (κ1) is 21.0. The second-order valence-electron chi connectivity index (χ2n) is 7.58. The minimum absolute atomic E-state index is 0.0250. The van der Waals surface area contributed by atoms with Crippen LogP contribution >= 0.6 is 0 Å². The average molecular weight is 451 g/mol. The van der Waals surface area contributed by atoms with E-state index in [0.717, 1.165) is 0 Å². The van der Waals surface area contributed by atoms with E-state index in [4.69, 9.17) is 9.47 Å². The zero-order valence-electron chi connectivity index (χ0n) is 17.5. The maximum Gasteiger partial charge on any atom is 0.280 e. The lowest BCUT2D eigenvalue weighted by atomic mass is 10.0. The Morgan fingerprint density at radius 2 is 2.09 bits per heavy atom. The zero-order valence-corrected chi connectivity index (χ0v) is 17.5. The van der Waals surface area contributed by atoms with Crippen LogP contribution < -0.4 is 10.1 Å². The van der Waals surface area contributed by atoms with Crippen molar-refractivity contribution >= 4 is 22.8 Å². The molecule has 10 heteroatoms. The molecule has 4 aromatic heterocycles. The number of rotatable bonds is 6. The summed E-state index contributed by atoms with van der Waals surface area (Å²) in [5.41, 5.74) is 3.08.